The predicted molar refractivity (Wildman–Crippen MR) is 151 cm³/mol. The predicted octanol–water partition coefficient (Wildman–Crippen LogP) is 7.67. The number of aromatic nitrogens is 2. The van der Waals surface area contributed by atoms with Gasteiger partial charge in [-0.15, -0.1) is 10.2 Å². The van der Waals surface area contributed by atoms with Crippen LogP contribution in [-0.4, -0.2) is 27.0 Å². The van der Waals surface area contributed by atoms with Crippen LogP contribution in [0.2, 0.25) is 10.0 Å². The minimum Gasteiger partial charge on any atom is -0.507 e. The van der Waals surface area contributed by atoms with Crippen molar-refractivity contribution in [3.63, 3.8) is 0 Å². The average Bonchev–Trinajstić information content (AvgIpc) is 3.45. The summed E-state index contributed by atoms with van der Waals surface area (Å²) >= 11 is 18.2. The van der Waals surface area contributed by atoms with Crippen LogP contribution in [0.4, 0.5) is 9.52 Å². The molecule has 0 radical (unpaired) electrons. The van der Waals surface area contributed by atoms with Gasteiger partial charge < -0.3 is 5.11 Å². The van der Waals surface area contributed by atoms with E-state index in [4.69, 9.17) is 23.2 Å². The maximum Gasteiger partial charge on any atom is 0.301 e. The largest absolute Gasteiger partial charge is 0.507 e. The van der Waals surface area contributed by atoms with E-state index in [-0.39, 0.29) is 16.3 Å². The SMILES string of the molecule is O=C1C(=O)N(c2nnc(SCc3ccc(Cl)cc3Cl)s2)C(c2cccc(Br)c2)/C1=C(/O)c1ccc(F)cc1. The molecule has 192 valence electrons. The van der Waals surface area contributed by atoms with E-state index in [1.807, 2.05) is 6.07 Å². The summed E-state index contributed by atoms with van der Waals surface area (Å²) in [7, 11) is 0. The molecular weight excluding hydrogens is 636 g/mol. The number of amides is 1. The molecule has 1 fully saturated rings. The molecule has 1 amide bonds. The Morgan fingerprint density at radius 3 is 2.55 bits per heavy atom. The van der Waals surface area contributed by atoms with Crippen LogP contribution in [0.25, 0.3) is 5.76 Å². The van der Waals surface area contributed by atoms with Crippen molar-refractivity contribution >= 4 is 84.8 Å². The number of hydrogen-bond donors (Lipinski definition) is 1. The molecule has 0 spiro atoms. The zero-order valence-corrected chi connectivity index (χ0v) is 23.8. The van der Waals surface area contributed by atoms with Crippen LogP contribution >= 0.6 is 62.2 Å². The van der Waals surface area contributed by atoms with Gasteiger partial charge in [-0.3, -0.25) is 14.5 Å². The van der Waals surface area contributed by atoms with Crippen molar-refractivity contribution in [3.05, 3.63) is 109 Å². The monoisotopic (exact) mass is 649 g/mol. The lowest BCUT2D eigenvalue weighted by Gasteiger charge is -2.22. The lowest BCUT2D eigenvalue weighted by molar-refractivity contribution is -0.132. The summed E-state index contributed by atoms with van der Waals surface area (Å²) in [6.07, 6.45) is 0. The number of carbonyl (C=O) groups is 2. The van der Waals surface area contributed by atoms with Gasteiger partial charge in [0.1, 0.15) is 11.6 Å². The van der Waals surface area contributed by atoms with E-state index in [0.717, 1.165) is 21.4 Å². The summed E-state index contributed by atoms with van der Waals surface area (Å²) in [6.45, 7) is 0. The minimum absolute atomic E-state index is 0.128. The van der Waals surface area contributed by atoms with E-state index in [9.17, 15) is 19.1 Å². The first-order valence-electron chi connectivity index (χ1n) is 11.0. The standard InChI is InChI=1S/C26H15BrCl2FN3O3S2/c27-16-3-1-2-14(10-16)21-20(22(34)13-5-8-18(30)9-6-13)23(35)24(36)33(21)25-31-32-26(38-25)37-12-15-4-7-17(28)11-19(15)29/h1-11,21,34H,12H2/b22-20-. The third kappa shape index (κ3) is 5.37. The molecule has 1 N–H and O–H groups in total. The fourth-order valence-electron chi connectivity index (χ4n) is 3.92. The molecule has 12 heteroatoms. The van der Waals surface area contributed by atoms with E-state index in [1.165, 1.54) is 40.9 Å². The summed E-state index contributed by atoms with van der Waals surface area (Å²) in [5.41, 5.74) is 1.50. The van der Waals surface area contributed by atoms with Gasteiger partial charge in [-0.05, 0) is 59.7 Å². The van der Waals surface area contributed by atoms with Crippen molar-refractivity contribution in [1.29, 1.82) is 0 Å². The first-order valence-corrected chi connectivity index (χ1v) is 14.3. The topological polar surface area (TPSA) is 83.4 Å². The lowest BCUT2D eigenvalue weighted by atomic mass is 9.95. The van der Waals surface area contributed by atoms with Gasteiger partial charge in [0.25, 0.3) is 5.78 Å². The highest BCUT2D eigenvalue weighted by Gasteiger charge is 2.48. The molecule has 1 unspecified atom stereocenters. The number of ketones is 1. The highest BCUT2D eigenvalue weighted by Crippen LogP contribution is 2.44. The Morgan fingerprint density at radius 2 is 1.84 bits per heavy atom. The quantitative estimate of drug-likeness (QED) is 0.0758. The Balaban J connectivity index is 1.53. The molecular formula is C26H15BrCl2FN3O3S2. The number of halogens is 4. The Bertz CT molecular complexity index is 1600. The second kappa shape index (κ2) is 11.2. The molecule has 6 nitrogen and oxygen atoms in total. The number of Topliss-reactive ketones (excluding diaryl/α,β-unsaturated/α-hetero) is 1. The van der Waals surface area contributed by atoms with Crippen molar-refractivity contribution in [3.8, 4) is 0 Å². The van der Waals surface area contributed by atoms with Gasteiger partial charge in [0.05, 0.1) is 11.6 Å². The Labute approximate surface area is 243 Å². The molecule has 5 rings (SSSR count). The second-order valence-electron chi connectivity index (χ2n) is 8.11. The fraction of sp³-hybridized carbons (Fsp3) is 0.0769. The highest BCUT2D eigenvalue weighted by molar-refractivity contribution is 9.10. The smallest absolute Gasteiger partial charge is 0.301 e. The van der Waals surface area contributed by atoms with Gasteiger partial charge >= 0.3 is 5.91 Å². The molecule has 1 atom stereocenters. The number of hydrogen-bond acceptors (Lipinski definition) is 7. The van der Waals surface area contributed by atoms with Crippen molar-refractivity contribution < 1.29 is 19.1 Å². The zero-order chi connectivity index (χ0) is 27.0. The summed E-state index contributed by atoms with van der Waals surface area (Å²) in [6, 6.07) is 16.3. The van der Waals surface area contributed by atoms with Crippen LogP contribution in [-0.2, 0) is 15.3 Å². The molecule has 2 heterocycles. The number of rotatable bonds is 6. The molecule has 0 aliphatic carbocycles. The van der Waals surface area contributed by atoms with Gasteiger partial charge in [0.2, 0.25) is 5.13 Å². The number of benzene rings is 3. The second-order valence-corrected chi connectivity index (χ2v) is 12.0. The number of aliphatic hydroxyl groups is 1. The molecule has 4 aromatic rings. The van der Waals surface area contributed by atoms with Gasteiger partial charge in [0.15, 0.2) is 4.34 Å². The lowest BCUT2D eigenvalue weighted by Crippen LogP contribution is -2.29. The average molecular weight is 651 g/mol. The van der Waals surface area contributed by atoms with Crippen molar-refractivity contribution in [2.45, 2.75) is 16.1 Å². The Hall–Kier alpha value is -2.76. The zero-order valence-electron chi connectivity index (χ0n) is 19.1. The third-order valence-corrected chi connectivity index (χ3v) is 8.88. The van der Waals surface area contributed by atoms with Crippen LogP contribution in [0.15, 0.2) is 81.1 Å². The van der Waals surface area contributed by atoms with Crippen LogP contribution in [0.5, 0.6) is 0 Å². The molecule has 1 aromatic heterocycles. The van der Waals surface area contributed by atoms with E-state index < -0.39 is 29.3 Å². The summed E-state index contributed by atoms with van der Waals surface area (Å²) in [4.78, 5) is 27.8. The van der Waals surface area contributed by atoms with E-state index in [0.29, 0.717) is 25.7 Å². The fourth-order valence-corrected chi connectivity index (χ4v) is 6.76. The van der Waals surface area contributed by atoms with Gasteiger partial charge in [0, 0.05) is 25.8 Å². The highest BCUT2D eigenvalue weighted by atomic mass is 79.9. The number of anilines is 1. The maximum atomic E-state index is 13.5. The van der Waals surface area contributed by atoms with E-state index in [2.05, 4.69) is 26.1 Å². The molecule has 1 saturated heterocycles. The molecule has 0 bridgehead atoms. The molecule has 0 saturated carbocycles. The first-order chi connectivity index (χ1) is 18.2. The first kappa shape index (κ1) is 26.8. The Kier molecular flexibility index (Phi) is 7.88. The van der Waals surface area contributed by atoms with Crippen molar-refractivity contribution in [2.24, 2.45) is 0 Å². The molecule has 3 aromatic carbocycles. The van der Waals surface area contributed by atoms with Crippen LogP contribution in [0.3, 0.4) is 0 Å². The van der Waals surface area contributed by atoms with Crippen LogP contribution in [0.1, 0.15) is 22.7 Å². The number of carbonyl (C=O) groups excluding carboxylic acids is 2. The minimum atomic E-state index is -0.978. The normalized spacial score (nSPS) is 16.8. The summed E-state index contributed by atoms with van der Waals surface area (Å²) < 4.78 is 14.8. The number of nitrogens with zero attached hydrogens (tertiary/aromatic N) is 3. The summed E-state index contributed by atoms with van der Waals surface area (Å²) in [5, 5.41) is 20.7. The van der Waals surface area contributed by atoms with Gasteiger partial charge in [-0.1, -0.05) is 80.4 Å². The number of thioether (sulfide) groups is 1. The number of aliphatic hydroxyl groups excluding tert-OH is 1. The van der Waals surface area contributed by atoms with Crippen molar-refractivity contribution in [2.75, 3.05) is 4.90 Å². The summed E-state index contributed by atoms with van der Waals surface area (Å²) in [5.74, 6) is -2.15. The Morgan fingerprint density at radius 1 is 1.08 bits per heavy atom. The molecule has 1 aliphatic heterocycles. The third-order valence-electron chi connectivity index (χ3n) is 5.69. The van der Waals surface area contributed by atoms with Crippen LogP contribution in [0, 0.1) is 5.82 Å². The van der Waals surface area contributed by atoms with E-state index in [1.54, 1.807) is 36.4 Å². The van der Waals surface area contributed by atoms with Gasteiger partial charge in [-0.25, -0.2) is 4.39 Å². The molecule has 38 heavy (non-hydrogen) atoms. The van der Waals surface area contributed by atoms with E-state index >= 15 is 0 Å². The van der Waals surface area contributed by atoms with Crippen LogP contribution < -0.4 is 4.90 Å². The van der Waals surface area contributed by atoms with Crippen molar-refractivity contribution in [1.82, 2.24) is 10.2 Å². The molecule has 1 aliphatic rings. The van der Waals surface area contributed by atoms with Gasteiger partial charge in [-0.2, -0.15) is 0 Å². The maximum absolute atomic E-state index is 13.5.